The highest BCUT2D eigenvalue weighted by molar-refractivity contribution is 7.89. The SMILES string of the molecule is O=C(Nc1cccc(S(=O)(=O)N2CCCC2)c1)[C@@H]1CCCN(S(=O)(=O)c2ccc(F)cc2)C1. The molecule has 2 aromatic rings. The van der Waals surface area contributed by atoms with Crippen molar-refractivity contribution in [2.24, 2.45) is 5.92 Å². The maximum atomic E-state index is 13.2. The zero-order valence-corrected chi connectivity index (χ0v) is 19.6. The van der Waals surface area contributed by atoms with Gasteiger partial charge in [-0.2, -0.15) is 8.61 Å². The lowest BCUT2D eigenvalue weighted by Crippen LogP contribution is -2.43. The number of rotatable bonds is 6. The van der Waals surface area contributed by atoms with Crippen LogP contribution in [0.4, 0.5) is 10.1 Å². The third kappa shape index (κ3) is 5.11. The zero-order chi connectivity index (χ0) is 23.6. The maximum absolute atomic E-state index is 13.2. The van der Waals surface area contributed by atoms with Crippen LogP contribution >= 0.6 is 0 Å². The van der Waals surface area contributed by atoms with Crippen LogP contribution in [0.5, 0.6) is 0 Å². The minimum absolute atomic E-state index is 0.00267. The lowest BCUT2D eigenvalue weighted by Gasteiger charge is -2.31. The molecule has 0 aliphatic carbocycles. The molecule has 4 rings (SSSR count). The van der Waals surface area contributed by atoms with Gasteiger partial charge >= 0.3 is 0 Å². The Morgan fingerprint density at radius 2 is 1.48 bits per heavy atom. The molecule has 2 heterocycles. The quantitative estimate of drug-likeness (QED) is 0.664. The average molecular weight is 496 g/mol. The van der Waals surface area contributed by atoms with Gasteiger partial charge in [0.2, 0.25) is 26.0 Å². The maximum Gasteiger partial charge on any atom is 0.243 e. The van der Waals surface area contributed by atoms with Crippen molar-refractivity contribution in [1.29, 1.82) is 0 Å². The molecule has 11 heteroatoms. The van der Waals surface area contributed by atoms with E-state index in [0.29, 0.717) is 31.6 Å². The normalized spacial score (nSPS) is 20.6. The van der Waals surface area contributed by atoms with Crippen LogP contribution in [0.15, 0.2) is 58.3 Å². The summed E-state index contributed by atoms with van der Waals surface area (Å²) in [6.45, 7) is 1.24. The number of nitrogens with zero attached hydrogens (tertiary/aromatic N) is 2. The van der Waals surface area contributed by atoms with E-state index in [1.54, 1.807) is 12.1 Å². The number of halogens is 1. The van der Waals surface area contributed by atoms with Crippen molar-refractivity contribution in [2.75, 3.05) is 31.5 Å². The largest absolute Gasteiger partial charge is 0.326 e. The Balaban J connectivity index is 1.46. The molecule has 2 aliphatic rings. The standard InChI is InChI=1S/C22H26FN3O5S2/c23-18-8-10-20(11-9-18)32(28,29)26-14-4-5-17(16-26)22(27)24-19-6-3-7-21(15-19)33(30,31)25-12-1-2-13-25/h3,6-11,15,17H,1-2,4-5,12-14,16H2,(H,24,27)/t17-/m1/s1. The van der Waals surface area contributed by atoms with Gasteiger partial charge in [0, 0.05) is 31.9 Å². The summed E-state index contributed by atoms with van der Waals surface area (Å²) in [5.74, 6) is -1.49. The molecule has 0 spiro atoms. The minimum Gasteiger partial charge on any atom is -0.326 e. The van der Waals surface area contributed by atoms with E-state index in [9.17, 15) is 26.0 Å². The number of hydrogen-bond donors (Lipinski definition) is 1. The van der Waals surface area contributed by atoms with Crippen LogP contribution in [-0.4, -0.2) is 57.5 Å². The number of benzene rings is 2. The Morgan fingerprint density at radius 3 is 2.18 bits per heavy atom. The number of hydrogen-bond acceptors (Lipinski definition) is 5. The van der Waals surface area contributed by atoms with E-state index in [1.165, 1.54) is 32.9 Å². The van der Waals surface area contributed by atoms with Gasteiger partial charge in [0.25, 0.3) is 0 Å². The molecule has 2 saturated heterocycles. The van der Waals surface area contributed by atoms with Gasteiger partial charge in [-0.05, 0) is 68.1 Å². The monoisotopic (exact) mass is 495 g/mol. The predicted octanol–water partition coefficient (Wildman–Crippen LogP) is 2.65. The first-order valence-corrected chi connectivity index (χ1v) is 13.7. The number of anilines is 1. The first-order valence-electron chi connectivity index (χ1n) is 10.8. The highest BCUT2D eigenvalue weighted by Gasteiger charge is 2.33. The number of sulfonamides is 2. The Morgan fingerprint density at radius 1 is 0.848 bits per heavy atom. The van der Waals surface area contributed by atoms with Crippen LogP contribution in [0.25, 0.3) is 0 Å². The van der Waals surface area contributed by atoms with Crippen molar-refractivity contribution in [3.05, 3.63) is 54.3 Å². The number of carbonyl (C=O) groups is 1. The van der Waals surface area contributed by atoms with Crippen LogP contribution in [0.1, 0.15) is 25.7 Å². The zero-order valence-electron chi connectivity index (χ0n) is 18.0. The van der Waals surface area contributed by atoms with Crippen molar-refractivity contribution >= 4 is 31.6 Å². The van der Waals surface area contributed by atoms with E-state index >= 15 is 0 Å². The minimum atomic E-state index is -3.85. The molecule has 178 valence electrons. The fraction of sp³-hybridized carbons (Fsp3) is 0.409. The number of nitrogens with one attached hydrogen (secondary N) is 1. The molecule has 0 unspecified atom stereocenters. The smallest absolute Gasteiger partial charge is 0.243 e. The molecule has 33 heavy (non-hydrogen) atoms. The molecule has 0 radical (unpaired) electrons. The van der Waals surface area contributed by atoms with Crippen LogP contribution < -0.4 is 5.32 Å². The molecule has 2 fully saturated rings. The van der Waals surface area contributed by atoms with Crippen molar-refractivity contribution < 1.29 is 26.0 Å². The topological polar surface area (TPSA) is 104 Å². The summed E-state index contributed by atoms with van der Waals surface area (Å²) >= 11 is 0. The second-order valence-electron chi connectivity index (χ2n) is 8.28. The fourth-order valence-corrected chi connectivity index (χ4v) is 7.27. The number of carbonyl (C=O) groups excluding carboxylic acids is 1. The summed E-state index contributed by atoms with van der Waals surface area (Å²) in [4.78, 5) is 13.0. The van der Waals surface area contributed by atoms with E-state index < -0.39 is 31.8 Å². The van der Waals surface area contributed by atoms with E-state index in [2.05, 4.69) is 5.32 Å². The molecule has 8 nitrogen and oxygen atoms in total. The molecule has 1 amide bonds. The van der Waals surface area contributed by atoms with Crippen molar-refractivity contribution in [2.45, 2.75) is 35.5 Å². The van der Waals surface area contributed by atoms with Gasteiger partial charge in [-0.1, -0.05) is 6.07 Å². The molecule has 1 N–H and O–H groups in total. The molecule has 0 saturated carbocycles. The van der Waals surface area contributed by atoms with Gasteiger partial charge in [0.05, 0.1) is 15.7 Å². The molecule has 2 aliphatic heterocycles. The van der Waals surface area contributed by atoms with Crippen LogP contribution in [0, 0.1) is 11.7 Å². The molecular formula is C22H26FN3O5S2. The van der Waals surface area contributed by atoms with Crippen LogP contribution in [0.3, 0.4) is 0 Å². The van der Waals surface area contributed by atoms with Gasteiger partial charge in [-0.25, -0.2) is 21.2 Å². The van der Waals surface area contributed by atoms with Crippen LogP contribution in [0.2, 0.25) is 0 Å². The van der Waals surface area contributed by atoms with E-state index in [-0.39, 0.29) is 28.8 Å². The van der Waals surface area contributed by atoms with E-state index in [0.717, 1.165) is 25.0 Å². The summed E-state index contributed by atoms with van der Waals surface area (Å²) in [6.07, 6.45) is 2.66. The first-order chi connectivity index (χ1) is 15.7. The highest BCUT2D eigenvalue weighted by atomic mass is 32.2. The van der Waals surface area contributed by atoms with Crippen molar-refractivity contribution in [1.82, 2.24) is 8.61 Å². The lowest BCUT2D eigenvalue weighted by molar-refractivity contribution is -0.120. The summed E-state index contributed by atoms with van der Waals surface area (Å²) in [5.41, 5.74) is 0.346. The van der Waals surface area contributed by atoms with Crippen molar-refractivity contribution in [3.63, 3.8) is 0 Å². The number of amides is 1. The molecule has 0 aromatic heterocycles. The Kier molecular flexibility index (Phi) is 6.85. The van der Waals surface area contributed by atoms with Gasteiger partial charge in [-0.15, -0.1) is 0 Å². The van der Waals surface area contributed by atoms with Gasteiger partial charge in [0.15, 0.2) is 0 Å². The van der Waals surface area contributed by atoms with Crippen molar-refractivity contribution in [3.8, 4) is 0 Å². The second-order valence-corrected chi connectivity index (χ2v) is 12.2. The highest BCUT2D eigenvalue weighted by Crippen LogP contribution is 2.26. The fourth-order valence-electron chi connectivity index (χ4n) is 4.19. The van der Waals surface area contributed by atoms with Gasteiger partial charge in [-0.3, -0.25) is 4.79 Å². The lowest BCUT2D eigenvalue weighted by atomic mass is 9.99. The third-order valence-electron chi connectivity index (χ3n) is 6.01. The first kappa shape index (κ1) is 23.8. The Hall–Kier alpha value is -2.34. The van der Waals surface area contributed by atoms with Gasteiger partial charge in [0.1, 0.15) is 5.82 Å². The summed E-state index contributed by atoms with van der Waals surface area (Å²) < 4.78 is 67.3. The second kappa shape index (κ2) is 9.49. The third-order valence-corrected chi connectivity index (χ3v) is 9.78. The molecule has 2 aromatic carbocycles. The van der Waals surface area contributed by atoms with E-state index in [4.69, 9.17) is 0 Å². The molecule has 0 bridgehead atoms. The molecule has 1 atom stereocenters. The average Bonchev–Trinajstić information content (AvgIpc) is 3.36. The van der Waals surface area contributed by atoms with Gasteiger partial charge < -0.3 is 5.32 Å². The van der Waals surface area contributed by atoms with Crippen LogP contribution in [-0.2, 0) is 24.8 Å². The van der Waals surface area contributed by atoms with E-state index in [1.807, 2.05) is 0 Å². The summed E-state index contributed by atoms with van der Waals surface area (Å²) in [7, 11) is -7.47. The molecular weight excluding hydrogens is 469 g/mol. The Bertz CT molecular complexity index is 1230. The Labute approximate surface area is 193 Å². The number of piperidine rings is 1. The summed E-state index contributed by atoms with van der Waals surface area (Å²) in [5, 5.41) is 2.74. The summed E-state index contributed by atoms with van der Waals surface area (Å²) in [6, 6.07) is 10.7. The predicted molar refractivity (Wildman–Crippen MR) is 121 cm³/mol.